The molecule has 0 radical (unpaired) electrons. The van der Waals surface area contributed by atoms with Crippen LogP contribution in [0.25, 0.3) is 0 Å². The van der Waals surface area contributed by atoms with Gasteiger partial charge in [-0.05, 0) is 32.3 Å². The first-order valence-electron chi connectivity index (χ1n) is 5.31. The van der Waals surface area contributed by atoms with E-state index in [0.717, 1.165) is 19.3 Å². The fraction of sp³-hybridized carbons (Fsp3) is 1.00. The number of rotatable bonds is 3. The standard InChI is InChI=1S/C9H18BF3N/c1-8-5-3-4-6-9(8)14(2)7-10(11,12)13/h8-9H,3-7H2,1-2H3/q-1. The molecular formula is C9H18BF3N-. The van der Waals surface area contributed by atoms with E-state index in [9.17, 15) is 12.9 Å². The molecule has 0 spiro atoms. The Morgan fingerprint density at radius 3 is 2.29 bits per heavy atom. The monoisotopic (exact) mass is 208 g/mol. The lowest BCUT2D eigenvalue weighted by Crippen LogP contribution is -2.45. The van der Waals surface area contributed by atoms with Gasteiger partial charge in [0, 0.05) is 6.04 Å². The minimum Gasteiger partial charge on any atom is -0.448 e. The van der Waals surface area contributed by atoms with E-state index in [1.165, 1.54) is 11.3 Å². The molecule has 14 heavy (non-hydrogen) atoms. The predicted molar refractivity (Wildman–Crippen MR) is 53.1 cm³/mol. The summed E-state index contributed by atoms with van der Waals surface area (Å²) in [7, 11) is 1.60. The minimum absolute atomic E-state index is 0.132. The van der Waals surface area contributed by atoms with E-state index in [4.69, 9.17) is 0 Å². The van der Waals surface area contributed by atoms with E-state index >= 15 is 0 Å². The number of nitrogens with zero attached hydrogens (tertiary/aromatic N) is 1. The Bertz CT molecular complexity index is 183. The summed E-state index contributed by atoms with van der Waals surface area (Å²) >= 11 is 0. The van der Waals surface area contributed by atoms with E-state index in [2.05, 4.69) is 6.92 Å². The van der Waals surface area contributed by atoms with Gasteiger partial charge in [0.2, 0.25) is 0 Å². The third kappa shape index (κ3) is 3.52. The highest BCUT2D eigenvalue weighted by Gasteiger charge is 2.31. The molecule has 1 aliphatic carbocycles. The van der Waals surface area contributed by atoms with Gasteiger partial charge in [0.25, 0.3) is 0 Å². The average Bonchev–Trinajstić information content (AvgIpc) is 2.01. The molecule has 84 valence electrons. The zero-order valence-corrected chi connectivity index (χ0v) is 8.85. The molecule has 0 N–H and O–H groups in total. The lowest BCUT2D eigenvalue weighted by molar-refractivity contribution is 0.147. The van der Waals surface area contributed by atoms with Gasteiger partial charge >= 0.3 is 6.98 Å². The predicted octanol–water partition coefficient (Wildman–Crippen LogP) is 2.88. The number of hydrogen-bond acceptors (Lipinski definition) is 1. The molecule has 0 aromatic rings. The van der Waals surface area contributed by atoms with E-state index in [0.29, 0.717) is 5.92 Å². The first-order valence-corrected chi connectivity index (χ1v) is 5.31. The van der Waals surface area contributed by atoms with Crippen molar-refractivity contribution in [1.82, 2.24) is 4.90 Å². The maximum absolute atomic E-state index is 12.2. The summed E-state index contributed by atoms with van der Waals surface area (Å²) in [6, 6.07) is 0.132. The van der Waals surface area contributed by atoms with Crippen LogP contribution in [0.1, 0.15) is 32.6 Å². The summed E-state index contributed by atoms with van der Waals surface area (Å²) in [4.78, 5) is 1.49. The molecule has 1 saturated carbocycles. The second-order valence-electron chi connectivity index (χ2n) is 4.48. The van der Waals surface area contributed by atoms with Crippen molar-refractivity contribution in [2.45, 2.75) is 38.6 Å². The van der Waals surface area contributed by atoms with Crippen molar-refractivity contribution in [1.29, 1.82) is 0 Å². The molecule has 1 fully saturated rings. The third-order valence-corrected chi connectivity index (χ3v) is 3.13. The second-order valence-corrected chi connectivity index (χ2v) is 4.48. The Morgan fingerprint density at radius 1 is 1.21 bits per heavy atom. The highest BCUT2D eigenvalue weighted by Crippen LogP contribution is 2.28. The lowest BCUT2D eigenvalue weighted by atomic mass is 9.82. The highest BCUT2D eigenvalue weighted by molar-refractivity contribution is 6.58. The van der Waals surface area contributed by atoms with Crippen LogP contribution in [0.4, 0.5) is 12.9 Å². The molecule has 0 heterocycles. The molecule has 0 saturated heterocycles. The topological polar surface area (TPSA) is 3.24 Å². The van der Waals surface area contributed by atoms with Crippen LogP contribution in [0, 0.1) is 5.92 Å². The van der Waals surface area contributed by atoms with Crippen LogP contribution in [-0.2, 0) is 0 Å². The summed E-state index contributed by atoms with van der Waals surface area (Å²) in [5, 5.41) is 0. The van der Waals surface area contributed by atoms with Crippen LogP contribution in [0.3, 0.4) is 0 Å². The summed E-state index contributed by atoms with van der Waals surface area (Å²) in [6.45, 7) is -2.61. The molecule has 1 nitrogen and oxygen atoms in total. The van der Waals surface area contributed by atoms with Gasteiger partial charge in [-0.15, -0.1) is 0 Å². The van der Waals surface area contributed by atoms with Crippen molar-refractivity contribution >= 4 is 6.98 Å². The van der Waals surface area contributed by atoms with Gasteiger partial charge in [-0.1, -0.05) is 19.8 Å². The van der Waals surface area contributed by atoms with Crippen molar-refractivity contribution < 1.29 is 12.9 Å². The van der Waals surface area contributed by atoms with Gasteiger partial charge < -0.3 is 17.8 Å². The Balaban J connectivity index is 2.46. The molecule has 0 bridgehead atoms. The van der Waals surface area contributed by atoms with Gasteiger partial charge in [0.15, 0.2) is 0 Å². The SMILES string of the molecule is CC1CCCCC1N(C)C[B-](F)(F)F. The van der Waals surface area contributed by atoms with E-state index < -0.39 is 13.4 Å². The fourth-order valence-corrected chi connectivity index (χ4v) is 2.41. The first-order chi connectivity index (χ1) is 6.40. The Hall–Kier alpha value is -0.185. The normalized spacial score (nSPS) is 29.6. The van der Waals surface area contributed by atoms with E-state index in [1.807, 2.05) is 0 Å². The highest BCUT2D eigenvalue weighted by atomic mass is 19.4. The summed E-state index contributed by atoms with van der Waals surface area (Å²) in [5.41, 5.74) is 0. The van der Waals surface area contributed by atoms with E-state index in [-0.39, 0.29) is 6.04 Å². The molecule has 0 amide bonds. The first kappa shape index (κ1) is 11.9. The molecule has 5 heteroatoms. The van der Waals surface area contributed by atoms with Crippen LogP contribution in [-0.4, -0.2) is 31.4 Å². The molecule has 0 aromatic carbocycles. The quantitative estimate of drug-likeness (QED) is 0.644. The van der Waals surface area contributed by atoms with E-state index in [1.54, 1.807) is 7.05 Å². The molecule has 0 aliphatic heterocycles. The smallest absolute Gasteiger partial charge is 0.448 e. The molecule has 0 aromatic heterocycles. The van der Waals surface area contributed by atoms with Crippen LogP contribution < -0.4 is 0 Å². The maximum Gasteiger partial charge on any atom is 0.492 e. The minimum atomic E-state index is -4.67. The second kappa shape index (κ2) is 4.56. The van der Waals surface area contributed by atoms with Crippen LogP contribution in [0.15, 0.2) is 0 Å². The summed E-state index contributed by atoms with van der Waals surface area (Å²) in [6.07, 6.45) is 3.52. The van der Waals surface area contributed by atoms with Crippen molar-refractivity contribution in [3.8, 4) is 0 Å². The average molecular weight is 208 g/mol. The lowest BCUT2D eigenvalue weighted by Gasteiger charge is -2.38. The van der Waals surface area contributed by atoms with Crippen LogP contribution >= 0.6 is 0 Å². The van der Waals surface area contributed by atoms with Gasteiger partial charge in [0.05, 0.1) is 0 Å². The van der Waals surface area contributed by atoms with Gasteiger partial charge in [-0.3, -0.25) is 0 Å². The number of halogens is 3. The van der Waals surface area contributed by atoms with Gasteiger partial charge in [-0.25, -0.2) is 0 Å². The molecule has 1 aliphatic rings. The zero-order chi connectivity index (χ0) is 10.8. The van der Waals surface area contributed by atoms with Crippen molar-refractivity contribution in [3.63, 3.8) is 0 Å². The molecule has 1 rings (SSSR count). The maximum atomic E-state index is 12.2. The van der Waals surface area contributed by atoms with Crippen molar-refractivity contribution in [3.05, 3.63) is 0 Å². The molecular weight excluding hydrogens is 190 g/mol. The van der Waals surface area contributed by atoms with Crippen LogP contribution in [0.2, 0.25) is 0 Å². The third-order valence-electron chi connectivity index (χ3n) is 3.13. The Morgan fingerprint density at radius 2 is 1.79 bits per heavy atom. The molecule has 2 atom stereocenters. The zero-order valence-electron chi connectivity index (χ0n) is 8.85. The Kier molecular flexibility index (Phi) is 3.87. The Labute approximate surface area is 83.7 Å². The van der Waals surface area contributed by atoms with Crippen molar-refractivity contribution in [2.75, 3.05) is 13.5 Å². The van der Waals surface area contributed by atoms with Gasteiger partial charge in [0.1, 0.15) is 0 Å². The number of hydrogen-bond donors (Lipinski definition) is 0. The summed E-state index contributed by atoms with van der Waals surface area (Å²) < 4.78 is 36.6. The van der Waals surface area contributed by atoms with Crippen molar-refractivity contribution in [2.24, 2.45) is 5.92 Å². The van der Waals surface area contributed by atoms with Gasteiger partial charge in [-0.2, -0.15) is 0 Å². The fourth-order valence-electron chi connectivity index (χ4n) is 2.41. The summed E-state index contributed by atoms with van der Waals surface area (Å²) in [5.74, 6) is 0.409. The molecule has 2 unspecified atom stereocenters. The van der Waals surface area contributed by atoms with Crippen LogP contribution in [0.5, 0.6) is 0 Å². The largest absolute Gasteiger partial charge is 0.492 e.